The highest BCUT2D eigenvalue weighted by molar-refractivity contribution is 6.04. The van der Waals surface area contributed by atoms with Crippen molar-refractivity contribution in [2.75, 3.05) is 10.6 Å². The number of hydrogen-bond donors (Lipinski definition) is 2. The zero-order valence-corrected chi connectivity index (χ0v) is 15.1. The molecular formula is C21H17N5O2. The van der Waals surface area contributed by atoms with Gasteiger partial charge in [0.2, 0.25) is 5.89 Å². The van der Waals surface area contributed by atoms with E-state index in [2.05, 4.69) is 25.8 Å². The molecular weight excluding hydrogens is 354 g/mol. The molecule has 0 aliphatic rings. The van der Waals surface area contributed by atoms with E-state index in [1.165, 1.54) is 6.20 Å². The van der Waals surface area contributed by atoms with Crippen molar-refractivity contribution in [2.24, 2.45) is 0 Å². The van der Waals surface area contributed by atoms with Crippen LogP contribution in [0.5, 0.6) is 0 Å². The van der Waals surface area contributed by atoms with Crippen molar-refractivity contribution in [3.05, 3.63) is 84.2 Å². The second-order valence-electron chi connectivity index (χ2n) is 6.13. The monoisotopic (exact) mass is 371 g/mol. The third kappa shape index (κ3) is 3.88. The van der Waals surface area contributed by atoms with Crippen LogP contribution in [0.4, 0.5) is 17.4 Å². The molecule has 138 valence electrons. The molecule has 2 heterocycles. The van der Waals surface area contributed by atoms with E-state index in [0.29, 0.717) is 23.2 Å². The van der Waals surface area contributed by atoms with E-state index in [9.17, 15) is 4.79 Å². The fraction of sp³-hybridized carbons (Fsp3) is 0.0476. The minimum Gasteiger partial charge on any atom is -0.403 e. The van der Waals surface area contributed by atoms with Crippen molar-refractivity contribution < 1.29 is 9.21 Å². The lowest BCUT2D eigenvalue weighted by Gasteiger charge is -2.05. The smallest absolute Gasteiger partial charge is 0.320 e. The van der Waals surface area contributed by atoms with Gasteiger partial charge in [0.05, 0.1) is 5.56 Å². The molecule has 0 bridgehead atoms. The van der Waals surface area contributed by atoms with Crippen molar-refractivity contribution in [1.29, 1.82) is 0 Å². The summed E-state index contributed by atoms with van der Waals surface area (Å²) >= 11 is 0. The first-order chi connectivity index (χ1) is 13.7. The number of aromatic nitrogens is 3. The number of hydrogen-bond acceptors (Lipinski definition) is 6. The Kier molecular flexibility index (Phi) is 4.79. The fourth-order valence-electron chi connectivity index (χ4n) is 2.62. The van der Waals surface area contributed by atoms with Gasteiger partial charge in [0, 0.05) is 29.3 Å². The lowest BCUT2D eigenvalue weighted by atomic mass is 10.2. The topological polar surface area (TPSA) is 92.9 Å². The number of anilines is 3. The summed E-state index contributed by atoms with van der Waals surface area (Å²) in [5.41, 5.74) is 3.90. The first kappa shape index (κ1) is 17.4. The molecule has 7 heteroatoms. The summed E-state index contributed by atoms with van der Waals surface area (Å²) in [7, 11) is 0. The quantitative estimate of drug-likeness (QED) is 0.539. The van der Waals surface area contributed by atoms with Gasteiger partial charge in [-0.15, -0.1) is 5.10 Å². The normalized spacial score (nSPS) is 10.5. The summed E-state index contributed by atoms with van der Waals surface area (Å²) in [6, 6.07) is 18.8. The predicted molar refractivity (Wildman–Crippen MR) is 106 cm³/mol. The molecule has 2 aromatic heterocycles. The van der Waals surface area contributed by atoms with Gasteiger partial charge in [0.25, 0.3) is 5.91 Å². The molecule has 4 aromatic rings. The van der Waals surface area contributed by atoms with E-state index in [1.54, 1.807) is 30.5 Å². The highest BCUT2D eigenvalue weighted by Crippen LogP contribution is 2.24. The second-order valence-corrected chi connectivity index (χ2v) is 6.13. The van der Waals surface area contributed by atoms with Gasteiger partial charge in [-0.25, -0.2) is 0 Å². The Morgan fingerprint density at radius 2 is 1.79 bits per heavy atom. The number of nitrogens with one attached hydrogen (secondary N) is 2. The van der Waals surface area contributed by atoms with E-state index < -0.39 is 0 Å². The van der Waals surface area contributed by atoms with Crippen LogP contribution in [0.2, 0.25) is 0 Å². The van der Waals surface area contributed by atoms with Crippen LogP contribution in [0.25, 0.3) is 11.5 Å². The maximum Gasteiger partial charge on any atom is 0.320 e. The average Bonchev–Trinajstić information content (AvgIpc) is 3.19. The van der Waals surface area contributed by atoms with Crippen LogP contribution in [0.15, 0.2) is 77.5 Å². The van der Waals surface area contributed by atoms with E-state index >= 15 is 0 Å². The molecule has 0 spiro atoms. The Bertz CT molecular complexity index is 1090. The van der Waals surface area contributed by atoms with Crippen LogP contribution in [0, 0.1) is 6.92 Å². The molecule has 28 heavy (non-hydrogen) atoms. The molecule has 0 radical (unpaired) electrons. The van der Waals surface area contributed by atoms with Crippen LogP contribution in [0.3, 0.4) is 0 Å². The predicted octanol–water partition coefficient (Wildman–Crippen LogP) is 4.44. The maximum atomic E-state index is 12.2. The van der Waals surface area contributed by atoms with E-state index in [0.717, 1.165) is 16.8 Å². The van der Waals surface area contributed by atoms with E-state index in [-0.39, 0.29) is 5.91 Å². The summed E-state index contributed by atoms with van der Waals surface area (Å²) in [6.45, 7) is 2.00. The van der Waals surface area contributed by atoms with Crippen LogP contribution >= 0.6 is 0 Å². The molecule has 1 amide bonds. The molecule has 0 aliphatic heterocycles. The summed E-state index contributed by atoms with van der Waals surface area (Å²) in [6.07, 6.45) is 3.14. The number of amides is 1. The van der Waals surface area contributed by atoms with Crippen LogP contribution < -0.4 is 10.6 Å². The molecule has 0 saturated carbocycles. The van der Waals surface area contributed by atoms with Gasteiger partial charge in [-0.2, -0.15) is 0 Å². The van der Waals surface area contributed by atoms with Crippen molar-refractivity contribution in [2.45, 2.75) is 6.92 Å². The Morgan fingerprint density at radius 3 is 2.54 bits per heavy atom. The Balaban J connectivity index is 1.45. The van der Waals surface area contributed by atoms with E-state index in [1.807, 2.05) is 43.3 Å². The Labute approximate surface area is 161 Å². The number of pyridine rings is 1. The number of para-hydroxylation sites is 1. The molecule has 2 N–H and O–H groups in total. The zero-order chi connectivity index (χ0) is 19.3. The zero-order valence-electron chi connectivity index (χ0n) is 15.1. The van der Waals surface area contributed by atoms with Gasteiger partial charge in [-0.3, -0.25) is 9.78 Å². The minimum atomic E-state index is -0.219. The fourth-order valence-corrected chi connectivity index (χ4v) is 2.62. The van der Waals surface area contributed by atoms with Crippen molar-refractivity contribution in [3.63, 3.8) is 0 Å². The molecule has 0 aliphatic carbocycles. The summed E-state index contributed by atoms with van der Waals surface area (Å²) in [5.74, 6) is 0.171. The van der Waals surface area contributed by atoms with Crippen LogP contribution in [-0.4, -0.2) is 21.1 Å². The number of aryl methyl sites for hydroxylation is 1. The van der Waals surface area contributed by atoms with Gasteiger partial charge in [-0.05, 0) is 55.0 Å². The number of carbonyl (C=O) groups excluding carboxylic acids is 1. The third-order valence-electron chi connectivity index (χ3n) is 4.13. The Morgan fingerprint density at radius 1 is 0.964 bits per heavy atom. The number of nitrogens with zero attached hydrogens (tertiary/aromatic N) is 3. The van der Waals surface area contributed by atoms with Gasteiger partial charge in [0.15, 0.2) is 0 Å². The van der Waals surface area contributed by atoms with Crippen molar-refractivity contribution in [1.82, 2.24) is 15.2 Å². The number of carbonyl (C=O) groups is 1. The van der Waals surface area contributed by atoms with E-state index in [4.69, 9.17) is 4.42 Å². The standard InChI is InChI=1S/C21H17N5O2/c1-14-5-2-3-7-18(14)24-21-26-25-20(28-21)15-8-10-17(11-9-15)23-19(27)16-6-4-12-22-13-16/h2-13H,1H3,(H,23,27)(H,24,26). The average molecular weight is 371 g/mol. The van der Waals surface area contributed by atoms with Crippen LogP contribution in [0.1, 0.15) is 15.9 Å². The number of rotatable bonds is 5. The highest BCUT2D eigenvalue weighted by Gasteiger charge is 2.11. The number of benzene rings is 2. The lowest BCUT2D eigenvalue weighted by molar-refractivity contribution is 0.102. The van der Waals surface area contributed by atoms with Gasteiger partial charge in [-0.1, -0.05) is 23.3 Å². The van der Waals surface area contributed by atoms with Gasteiger partial charge < -0.3 is 15.1 Å². The molecule has 4 rings (SSSR count). The summed E-state index contributed by atoms with van der Waals surface area (Å²) in [5, 5.41) is 14.0. The lowest BCUT2D eigenvalue weighted by Crippen LogP contribution is -2.11. The largest absolute Gasteiger partial charge is 0.403 e. The third-order valence-corrected chi connectivity index (χ3v) is 4.13. The SMILES string of the molecule is Cc1ccccc1Nc1nnc(-c2ccc(NC(=O)c3cccnc3)cc2)o1. The summed E-state index contributed by atoms with van der Waals surface area (Å²) < 4.78 is 5.69. The molecule has 0 fully saturated rings. The minimum absolute atomic E-state index is 0.219. The van der Waals surface area contributed by atoms with Crippen molar-refractivity contribution in [3.8, 4) is 11.5 Å². The molecule has 0 atom stereocenters. The Hall–Kier alpha value is -4.00. The highest BCUT2D eigenvalue weighted by atomic mass is 16.4. The molecule has 7 nitrogen and oxygen atoms in total. The second kappa shape index (κ2) is 7.71. The first-order valence-electron chi connectivity index (χ1n) is 8.67. The molecule has 0 unspecified atom stereocenters. The molecule has 0 saturated heterocycles. The van der Waals surface area contributed by atoms with Crippen molar-refractivity contribution >= 4 is 23.3 Å². The summed E-state index contributed by atoms with van der Waals surface area (Å²) in [4.78, 5) is 16.1. The van der Waals surface area contributed by atoms with Gasteiger partial charge in [0.1, 0.15) is 0 Å². The molecule has 2 aromatic carbocycles. The maximum absolute atomic E-state index is 12.2. The van der Waals surface area contributed by atoms with Gasteiger partial charge >= 0.3 is 6.01 Å². The first-order valence-corrected chi connectivity index (χ1v) is 8.67. The van der Waals surface area contributed by atoms with Crippen LogP contribution in [-0.2, 0) is 0 Å².